The van der Waals surface area contributed by atoms with E-state index in [1.165, 1.54) is 22.3 Å². The summed E-state index contributed by atoms with van der Waals surface area (Å²) in [6.45, 7) is 0. The van der Waals surface area contributed by atoms with Crippen molar-refractivity contribution in [3.8, 4) is 22.3 Å². The van der Waals surface area contributed by atoms with Crippen LogP contribution in [0.1, 0.15) is 59.1 Å². The Balaban J connectivity index is 1.25. The second-order valence-electron chi connectivity index (χ2n) is 11.9. The van der Waals surface area contributed by atoms with Crippen LogP contribution in [0.4, 0.5) is 26.3 Å². The van der Waals surface area contributed by atoms with Crippen molar-refractivity contribution in [1.29, 1.82) is 0 Å². The van der Waals surface area contributed by atoms with Crippen LogP contribution in [0.25, 0.3) is 34.4 Å². The lowest BCUT2D eigenvalue weighted by atomic mass is 9.71. The molecular formula is C37H28F6. The molecule has 3 aliphatic rings. The Kier molecular flexibility index (Phi) is 6.46. The third kappa shape index (κ3) is 4.81. The SMILES string of the molecule is FC(F)(F)c1ccc(-c2cccc3c2C=C(C2(C4=Cc5c(cccc5-c5ccc(C(F)(F)F)cc5)C4)CCCC2)C3)cc1. The van der Waals surface area contributed by atoms with Crippen LogP contribution >= 0.6 is 0 Å². The minimum absolute atomic E-state index is 0.118. The van der Waals surface area contributed by atoms with Crippen molar-refractivity contribution in [3.63, 3.8) is 0 Å². The zero-order valence-electron chi connectivity index (χ0n) is 23.2. The number of halogens is 6. The largest absolute Gasteiger partial charge is 0.416 e. The number of hydrogen-bond acceptors (Lipinski definition) is 0. The molecule has 4 aromatic rings. The maximum atomic E-state index is 13.2. The van der Waals surface area contributed by atoms with Gasteiger partial charge in [0.1, 0.15) is 0 Å². The lowest BCUT2D eigenvalue weighted by molar-refractivity contribution is -0.138. The molecule has 0 unspecified atom stereocenters. The van der Waals surface area contributed by atoms with E-state index in [1.807, 2.05) is 24.3 Å². The van der Waals surface area contributed by atoms with E-state index < -0.39 is 23.5 Å². The predicted molar refractivity (Wildman–Crippen MR) is 158 cm³/mol. The van der Waals surface area contributed by atoms with Crippen LogP contribution in [0.3, 0.4) is 0 Å². The van der Waals surface area contributed by atoms with Crippen LogP contribution in [0, 0.1) is 5.41 Å². The number of rotatable bonds is 4. The molecule has 0 N–H and O–H groups in total. The van der Waals surface area contributed by atoms with Crippen LogP contribution in [0.5, 0.6) is 0 Å². The first-order chi connectivity index (χ1) is 20.5. The third-order valence-electron chi connectivity index (χ3n) is 9.52. The van der Waals surface area contributed by atoms with Gasteiger partial charge in [-0.25, -0.2) is 0 Å². The topological polar surface area (TPSA) is 0 Å². The quantitative estimate of drug-likeness (QED) is 0.209. The van der Waals surface area contributed by atoms with Crippen molar-refractivity contribution < 1.29 is 26.3 Å². The van der Waals surface area contributed by atoms with Crippen molar-refractivity contribution in [2.24, 2.45) is 5.41 Å². The molecular weight excluding hydrogens is 558 g/mol. The summed E-state index contributed by atoms with van der Waals surface area (Å²) < 4.78 is 79.1. The Morgan fingerprint density at radius 3 is 1.26 bits per heavy atom. The lowest BCUT2D eigenvalue weighted by Gasteiger charge is -2.33. The minimum atomic E-state index is -4.38. The van der Waals surface area contributed by atoms with Gasteiger partial charge in [-0.15, -0.1) is 0 Å². The van der Waals surface area contributed by atoms with Gasteiger partial charge in [0.05, 0.1) is 11.1 Å². The molecule has 1 saturated carbocycles. The molecule has 0 spiro atoms. The van der Waals surface area contributed by atoms with Crippen LogP contribution in [0.2, 0.25) is 0 Å². The predicted octanol–water partition coefficient (Wildman–Crippen LogP) is 11.2. The van der Waals surface area contributed by atoms with Gasteiger partial charge in [0, 0.05) is 5.41 Å². The smallest absolute Gasteiger partial charge is 0.166 e. The fraction of sp³-hybridized carbons (Fsp3) is 0.243. The fourth-order valence-corrected chi connectivity index (χ4v) is 7.36. The average molecular weight is 587 g/mol. The summed E-state index contributed by atoms with van der Waals surface area (Å²) in [6.07, 6.45) is 1.65. The van der Waals surface area contributed by atoms with E-state index in [0.29, 0.717) is 0 Å². The molecule has 0 heterocycles. The highest BCUT2D eigenvalue weighted by Crippen LogP contribution is 2.56. The maximum Gasteiger partial charge on any atom is 0.416 e. The van der Waals surface area contributed by atoms with Crippen LogP contribution in [0.15, 0.2) is 96.1 Å². The zero-order chi connectivity index (χ0) is 30.0. The molecule has 218 valence electrons. The van der Waals surface area contributed by atoms with Crippen molar-refractivity contribution in [2.45, 2.75) is 50.9 Å². The molecule has 7 rings (SSSR count). The number of allylic oxidation sites excluding steroid dienone is 2. The van der Waals surface area contributed by atoms with Crippen LogP contribution < -0.4 is 0 Å². The van der Waals surface area contributed by atoms with E-state index in [9.17, 15) is 26.3 Å². The van der Waals surface area contributed by atoms with Gasteiger partial charge in [-0.1, -0.05) is 96.8 Å². The first kappa shape index (κ1) is 27.8. The van der Waals surface area contributed by atoms with Gasteiger partial charge in [-0.05, 0) is 94.5 Å². The summed E-state index contributed by atoms with van der Waals surface area (Å²) in [5, 5.41) is 0. The first-order valence-electron chi connectivity index (χ1n) is 14.5. The van der Waals surface area contributed by atoms with E-state index in [1.54, 1.807) is 24.3 Å². The summed E-state index contributed by atoms with van der Waals surface area (Å²) >= 11 is 0. The van der Waals surface area contributed by atoms with Gasteiger partial charge >= 0.3 is 12.4 Å². The van der Waals surface area contributed by atoms with Gasteiger partial charge in [0.2, 0.25) is 0 Å². The highest BCUT2D eigenvalue weighted by atomic mass is 19.4. The number of hydrogen-bond donors (Lipinski definition) is 0. The van der Waals surface area contributed by atoms with Gasteiger partial charge in [-0.2, -0.15) is 26.3 Å². The monoisotopic (exact) mass is 586 g/mol. The standard InChI is InChI=1S/C37H28F6/c38-36(39,40)27-13-9-23(10-14-27)31-7-3-5-25-19-29(21-33(25)31)35(17-1-2-18-35)30-20-26-6-4-8-32(34(26)22-30)24-11-15-28(16-12-24)37(41,42)43/h3-16,21-22H,1-2,17-20H2. The molecule has 0 atom stereocenters. The molecule has 4 aromatic carbocycles. The molecule has 3 aliphatic carbocycles. The van der Waals surface area contributed by atoms with E-state index in [2.05, 4.69) is 24.3 Å². The van der Waals surface area contributed by atoms with Gasteiger partial charge in [-0.3, -0.25) is 0 Å². The molecule has 6 heteroatoms. The Bertz CT molecular complexity index is 1630. The van der Waals surface area contributed by atoms with E-state index in [0.717, 1.165) is 96.2 Å². The Morgan fingerprint density at radius 1 is 0.488 bits per heavy atom. The average Bonchev–Trinajstić information content (AvgIpc) is 3.74. The molecule has 0 amide bonds. The van der Waals surface area contributed by atoms with Gasteiger partial charge < -0.3 is 0 Å². The molecule has 0 aromatic heterocycles. The fourth-order valence-electron chi connectivity index (χ4n) is 7.36. The summed E-state index contributed by atoms with van der Waals surface area (Å²) in [5.41, 5.74) is 9.15. The van der Waals surface area contributed by atoms with Crippen molar-refractivity contribution >= 4 is 12.2 Å². The minimum Gasteiger partial charge on any atom is -0.166 e. The van der Waals surface area contributed by atoms with Crippen LogP contribution in [-0.4, -0.2) is 0 Å². The Labute approximate surface area is 246 Å². The summed E-state index contributed by atoms with van der Waals surface area (Å²) in [4.78, 5) is 0. The summed E-state index contributed by atoms with van der Waals surface area (Å²) in [7, 11) is 0. The van der Waals surface area contributed by atoms with Crippen molar-refractivity contribution in [3.05, 3.63) is 129 Å². The molecule has 0 saturated heterocycles. The first-order valence-corrected chi connectivity index (χ1v) is 14.5. The highest BCUT2D eigenvalue weighted by molar-refractivity contribution is 5.84. The molecule has 0 radical (unpaired) electrons. The highest BCUT2D eigenvalue weighted by Gasteiger charge is 2.43. The molecule has 0 aliphatic heterocycles. The maximum absolute atomic E-state index is 13.2. The van der Waals surface area contributed by atoms with Crippen molar-refractivity contribution in [1.82, 2.24) is 0 Å². The van der Waals surface area contributed by atoms with E-state index >= 15 is 0 Å². The van der Waals surface area contributed by atoms with Crippen molar-refractivity contribution in [2.75, 3.05) is 0 Å². The normalized spacial score (nSPS) is 17.4. The molecule has 0 nitrogen and oxygen atoms in total. The number of benzene rings is 4. The number of fused-ring (bicyclic) bond motifs is 2. The summed E-state index contributed by atoms with van der Waals surface area (Å²) in [6, 6.07) is 22.9. The lowest BCUT2D eigenvalue weighted by Crippen LogP contribution is -2.22. The van der Waals surface area contributed by atoms with Gasteiger partial charge in [0.25, 0.3) is 0 Å². The third-order valence-corrected chi connectivity index (χ3v) is 9.52. The second kappa shape index (κ2) is 10.0. The number of alkyl halides is 6. The van der Waals surface area contributed by atoms with E-state index in [4.69, 9.17) is 0 Å². The molecule has 0 bridgehead atoms. The molecule has 1 fully saturated rings. The van der Waals surface area contributed by atoms with E-state index in [-0.39, 0.29) is 5.41 Å². The zero-order valence-corrected chi connectivity index (χ0v) is 23.2. The summed E-state index contributed by atoms with van der Waals surface area (Å²) in [5.74, 6) is 0. The van der Waals surface area contributed by atoms with Crippen LogP contribution in [-0.2, 0) is 25.2 Å². The Hall–Kier alpha value is -4.06. The molecule has 43 heavy (non-hydrogen) atoms. The second-order valence-corrected chi connectivity index (χ2v) is 11.9. The van der Waals surface area contributed by atoms with Gasteiger partial charge in [0.15, 0.2) is 0 Å². The Morgan fingerprint density at radius 2 is 0.884 bits per heavy atom.